The molecule has 0 radical (unpaired) electrons. The number of nitrogens with two attached hydrogens (primary N) is 1. The highest BCUT2D eigenvalue weighted by Crippen LogP contribution is 2.34. The summed E-state index contributed by atoms with van der Waals surface area (Å²) in [6, 6.07) is 7.06. The first-order valence-corrected chi connectivity index (χ1v) is 11.1. The zero-order chi connectivity index (χ0) is 20.2. The van der Waals surface area contributed by atoms with Gasteiger partial charge in [-0.2, -0.15) is 0 Å². The van der Waals surface area contributed by atoms with Crippen LogP contribution < -0.4 is 5.73 Å². The lowest BCUT2D eigenvalue weighted by Gasteiger charge is -2.39. The molecule has 0 aromatic heterocycles. The molecule has 6 heteroatoms. The van der Waals surface area contributed by atoms with E-state index in [9.17, 15) is 9.18 Å². The number of likely N-dealkylation sites (tertiary alicyclic amines) is 1. The predicted molar refractivity (Wildman–Crippen MR) is 109 cm³/mol. The second kappa shape index (κ2) is 9.54. The number of hydrogen-bond donors (Lipinski definition) is 1. The van der Waals surface area contributed by atoms with Crippen LogP contribution in [0, 0.1) is 17.7 Å². The van der Waals surface area contributed by atoms with E-state index in [1.54, 1.807) is 12.1 Å². The number of rotatable bonds is 5. The summed E-state index contributed by atoms with van der Waals surface area (Å²) >= 11 is 0. The van der Waals surface area contributed by atoms with E-state index in [4.69, 9.17) is 15.2 Å². The van der Waals surface area contributed by atoms with Crippen LogP contribution in [-0.4, -0.2) is 55.9 Å². The van der Waals surface area contributed by atoms with Crippen LogP contribution in [0.4, 0.5) is 4.39 Å². The van der Waals surface area contributed by atoms with E-state index in [0.29, 0.717) is 32.3 Å². The highest BCUT2D eigenvalue weighted by atomic mass is 19.1. The van der Waals surface area contributed by atoms with Gasteiger partial charge in [0.05, 0.1) is 25.2 Å². The summed E-state index contributed by atoms with van der Waals surface area (Å²) in [6.07, 6.45) is 5.93. The number of carbonyl (C=O) groups is 1. The molecule has 0 bridgehead atoms. The molecule has 29 heavy (non-hydrogen) atoms. The van der Waals surface area contributed by atoms with Gasteiger partial charge >= 0.3 is 0 Å². The minimum Gasteiger partial charge on any atom is -0.381 e. The van der Waals surface area contributed by atoms with Gasteiger partial charge in [-0.15, -0.1) is 0 Å². The molecule has 160 valence electrons. The van der Waals surface area contributed by atoms with Crippen LogP contribution in [0.2, 0.25) is 0 Å². The van der Waals surface area contributed by atoms with Crippen molar-refractivity contribution >= 4 is 5.91 Å². The number of halogens is 1. The van der Waals surface area contributed by atoms with Crippen molar-refractivity contribution in [3.8, 4) is 0 Å². The lowest BCUT2D eigenvalue weighted by atomic mass is 9.82. The molecule has 1 unspecified atom stereocenters. The Morgan fingerprint density at radius 2 is 2.03 bits per heavy atom. The van der Waals surface area contributed by atoms with Crippen LogP contribution >= 0.6 is 0 Å². The van der Waals surface area contributed by atoms with E-state index >= 15 is 0 Å². The van der Waals surface area contributed by atoms with Crippen LogP contribution in [0.3, 0.4) is 0 Å². The van der Waals surface area contributed by atoms with E-state index in [1.165, 1.54) is 6.07 Å². The van der Waals surface area contributed by atoms with Gasteiger partial charge in [0, 0.05) is 31.7 Å². The van der Waals surface area contributed by atoms with Gasteiger partial charge in [0.1, 0.15) is 5.82 Å². The molecule has 3 fully saturated rings. The fraction of sp³-hybridized carbons (Fsp3) is 0.696. The van der Waals surface area contributed by atoms with E-state index in [2.05, 4.69) is 0 Å². The monoisotopic (exact) mass is 404 g/mol. The summed E-state index contributed by atoms with van der Waals surface area (Å²) in [6.45, 7) is 3.29. The van der Waals surface area contributed by atoms with Crippen LogP contribution in [0.1, 0.15) is 50.0 Å². The predicted octanol–water partition coefficient (Wildman–Crippen LogP) is 3.08. The second-order valence-corrected chi connectivity index (χ2v) is 8.92. The van der Waals surface area contributed by atoms with Crippen molar-refractivity contribution in [3.05, 3.63) is 35.6 Å². The van der Waals surface area contributed by atoms with Crippen molar-refractivity contribution in [3.63, 3.8) is 0 Å². The van der Waals surface area contributed by atoms with Gasteiger partial charge in [0.15, 0.2) is 0 Å². The molecule has 1 aromatic rings. The average Bonchev–Trinajstić information content (AvgIpc) is 3.28. The van der Waals surface area contributed by atoms with Crippen molar-refractivity contribution in [1.82, 2.24) is 4.90 Å². The number of carbonyl (C=O) groups excluding carboxylic acids is 1. The number of benzene rings is 1. The van der Waals surface area contributed by atoms with Gasteiger partial charge in [-0.1, -0.05) is 12.1 Å². The van der Waals surface area contributed by atoms with Gasteiger partial charge in [-0.25, -0.2) is 4.39 Å². The van der Waals surface area contributed by atoms with Crippen LogP contribution in [0.15, 0.2) is 24.3 Å². The molecule has 1 aromatic carbocycles. The third kappa shape index (κ3) is 5.16. The van der Waals surface area contributed by atoms with Gasteiger partial charge in [-0.05, 0) is 62.1 Å². The van der Waals surface area contributed by atoms with E-state index in [-0.39, 0.29) is 35.7 Å². The van der Waals surface area contributed by atoms with Crippen LogP contribution in [-0.2, 0) is 14.3 Å². The largest absolute Gasteiger partial charge is 0.381 e. The highest BCUT2D eigenvalue weighted by Gasteiger charge is 2.34. The van der Waals surface area contributed by atoms with Crippen LogP contribution in [0.25, 0.3) is 0 Å². The summed E-state index contributed by atoms with van der Waals surface area (Å²) in [5.74, 6) is 0.689. The minimum atomic E-state index is -0.157. The lowest BCUT2D eigenvalue weighted by molar-refractivity contribution is -0.138. The molecular weight excluding hydrogens is 371 g/mol. The Bertz CT molecular complexity index is 686. The molecule has 1 saturated carbocycles. The molecule has 4 rings (SSSR count). The Kier molecular flexibility index (Phi) is 6.83. The Morgan fingerprint density at radius 1 is 1.21 bits per heavy atom. The van der Waals surface area contributed by atoms with Crippen molar-refractivity contribution in [2.75, 3.05) is 32.9 Å². The van der Waals surface area contributed by atoms with Crippen molar-refractivity contribution < 1.29 is 18.7 Å². The van der Waals surface area contributed by atoms with E-state index in [1.807, 2.05) is 11.0 Å². The number of amides is 1. The molecule has 1 aliphatic carbocycles. The fourth-order valence-corrected chi connectivity index (χ4v) is 5.00. The molecule has 3 atom stereocenters. The number of piperidine rings is 1. The molecule has 2 N–H and O–H groups in total. The zero-order valence-electron chi connectivity index (χ0n) is 17.1. The zero-order valence-corrected chi connectivity index (χ0v) is 17.1. The Labute approximate surface area is 172 Å². The summed E-state index contributed by atoms with van der Waals surface area (Å²) in [7, 11) is 0. The van der Waals surface area contributed by atoms with Gasteiger partial charge < -0.3 is 20.1 Å². The third-order valence-corrected chi connectivity index (χ3v) is 6.92. The quantitative estimate of drug-likeness (QED) is 0.819. The highest BCUT2D eigenvalue weighted by molar-refractivity contribution is 5.79. The first kappa shape index (κ1) is 20.8. The fourth-order valence-electron chi connectivity index (χ4n) is 5.00. The first-order valence-electron chi connectivity index (χ1n) is 11.1. The standard InChI is InChI=1S/C23H33FN2O3/c24-20-3-1-2-17(12-20)16-4-6-21(7-5-16)29-15-19-13-26(10-8-22(19)25)23(27)18-9-11-28-14-18/h1-3,12,16,18-19,21-22H,4-11,13-15,25H2/t16?,18-,19+,21?,22?/m1/s1. The number of nitrogens with zero attached hydrogens (tertiary/aromatic N) is 1. The summed E-state index contributed by atoms with van der Waals surface area (Å²) in [5.41, 5.74) is 7.44. The molecule has 0 spiro atoms. The summed E-state index contributed by atoms with van der Waals surface area (Å²) < 4.78 is 25.1. The minimum absolute atomic E-state index is 0.0176. The molecule has 2 heterocycles. The smallest absolute Gasteiger partial charge is 0.228 e. The Morgan fingerprint density at radius 3 is 2.76 bits per heavy atom. The SMILES string of the molecule is NC1CCN(C(=O)[C@@H]2CCOC2)C[C@H]1COC1CCC(c2cccc(F)c2)CC1. The summed E-state index contributed by atoms with van der Waals surface area (Å²) in [5, 5.41) is 0. The molecular formula is C23H33FN2O3. The van der Waals surface area contributed by atoms with Gasteiger partial charge in [-0.3, -0.25) is 4.79 Å². The van der Waals surface area contributed by atoms with E-state index < -0.39 is 0 Å². The molecule has 1 amide bonds. The molecule has 2 aliphatic heterocycles. The maximum Gasteiger partial charge on any atom is 0.228 e. The van der Waals surface area contributed by atoms with Gasteiger partial charge in [0.2, 0.25) is 5.91 Å². The van der Waals surface area contributed by atoms with E-state index in [0.717, 1.165) is 50.6 Å². The third-order valence-electron chi connectivity index (χ3n) is 6.92. The number of ether oxygens (including phenoxy) is 2. The topological polar surface area (TPSA) is 64.8 Å². The lowest BCUT2D eigenvalue weighted by Crippen LogP contribution is -2.52. The second-order valence-electron chi connectivity index (χ2n) is 8.92. The normalized spacial score (nSPS) is 33.0. The molecule has 2 saturated heterocycles. The van der Waals surface area contributed by atoms with Gasteiger partial charge in [0.25, 0.3) is 0 Å². The summed E-state index contributed by atoms with van der Waals surface area (Å²) in [4.78, 5) is 14.7. The van der Waals surface area contributed by atoms with Crippen molar-refractivity contribution in [2.45, 2.75) is 56.6 Å². The maximum absolute atomic E-state index is 13.5. The van der Waals surface area contributed by atoms with Crippen LogP contribution in [0.5, 0.6) is 0 Å². The Hall–Kier alpha value is -1.50. The average molecular weight is 405 g/mol. The maximum atomic E-state index is 13.5. The molecule has 3 aliphatic rings. The van der Waals surface area contributed by atoms with Crippen molar-refractivity contribution in [2.24, 2.45) is 17.6 Å². The number of hydrogen-bond acceptors (Lipinski definition) is 4. The first-order chi connectivity index (χ1) is 14.1. The van der Waals surface area contributed by atoms with Crippen molar-refractivity contribution in [1.29, 1.82) is 0 Å². The molecule has 5 nitrogen and oxygen atoms in total. The Balaban J connectivity index is 1.23.